The number of carbonyl (C=O) groups is 3. The summed E-state index contributed by atoms with van der Waals surface area (Å²) >= 11 is 12.0. The Hall–Kier alpha value is -3.50. The van der Waals surface area contributed by atoms with Crippen molar-refractivity contribution in [1.82, 2.24) is 25.1 Å². The monoisotopic (exact) mass is 532 g/mol. The SMILES string of the molecule is CC(C)(C)OC(=O)[C@H](Cc1ccccc1)N(CC(=O)Nc1cc(Cl)ccc1-n1cnnn1)C(=O)CCl. The average Bonchev–Trinajstić information content (AvgIpc) is 3.35. The number of rotatable bonds is 9. The third-order valence-corrected chi connectivity index (χ3v) is 5.37. The predicted octanol–water partition coefficient (Wildman–Crippen LogP) is 3.27. The smallest absolute Gasteiger partial charge is 0.329 e. The first kappa shape index (κ1) is 27.1. The normalized spacial score (nSPS) is 12.0. The van der Waals surface area contributed by atoms with Crippen molar-refractivity contribution in [3.05, 3.63) is 65.4 Å². The van der Waals surface area contributed by atoms with E-state index in [0.29, 0.717) is 16.4 Å². The molecule has 1 N–H and O–H groups in total. The van der Waals surface area contributed by atoms with Crippen LogP contribution in [0.15, 0.2) is 54.9 Å². The highest BCUT2D eigenvalue weighted by Crippen LogP contribution is 2.24. The number of halogens is 2. The van der Waals surface area contributed by atoms with Crippen LogP contribution in [0.25, 0.3) is 5.69 Å². The Bertz CT molecular complexity index is 1200. The molecule has 0 unspecified atom stereocenters. The van der Waals surface area contributed by atoms with Crippen molar-refractivity contribution in [2.45, 2.75) is 38.8 Å². The van der Waals surface area contributed by atoms with Crippen LogP contribution >= 0.6 is 23.2 Å². The fraction of sp³-hybridized carbons (Fsp3) is 0.333. The van der Waals surface area contributed by atoms with Crippen LogP contribution in [0.1, 0.15) is 26.3 Å². The van der Waals surface area contributed by atoms with Gasteiger partial charge in [-0.1, -0.05) is 41.9 Å². The highest BCUT2D eigenvalue weighted by molar-refractivity contribution is 6.31. The number of benzene rings is 2. The molecule has 0 aliphatic carbocycles. The van der Waals surface area contributed by atoms with Gasteiger partial charge in [0.25, 0.3) is 0 Å². The number of alkyl halides is 1. The zero-order valence-electron chi connectivity index (χ0n) is 20.0. The average molecular weight is 533 g/mol. The van der Waals surface area contributed by atoms with Crippen molar-refractivity contribution in [3.8, 4) is 5.69 Å². The molecule has 0 saturated heterocycles. The second-order valence-corrected chi connectivity index (χ2v) is 9.56. The van der Waals surface area contributed by atoms with Gasteiger partial charge in [0.15, 0.2) is 0 Å². The van der Waals surface area contributed by atoms with Gasteiger partial charge in [-0.3, -0.25) is 9.59 Å². The molecule has 0 saturated carbocycles. The Labute approximate surface area is 218 Å². The van der Waals surface area contributed by atoms with Crippen LogP contribution in [0.4, 0.5) is 5.69 Å². The lowest BCUT2D eigenvalue weighted by Crippen LogP contribution is -2.51. The van der Waals surface area contributed by atoms with Crippen molar-refractivity contribution in [3.63, 3.8) is 0 Å². The Kier molecular flexibility index (Phi) is 9.00. The Morgan fingerprint density at radius 3 is 2.47 bits per heavy atom. The second kappa shape index (κ2) is 12.0. The topological polar surface area (TPSA) is 119 Å². The number of tetrazole rings is 1. The van der Waals surface area contributed by atoms with Crippen molar-refractivity contribution in [2.75, 3.05) is 17.7 Å². The van der Waals surface area contributed by atoms with E-state index in [9.17, 15) is 14.4 Å². The van der Waals surface area contributed by atoms with Gasteiger partial charge < -0.3 is 15.0 Å². The molecule has 1 heterocycles. The van der Waals surface area contributed by atoms with Crippen LogP contribution in [0, 0.1) is 0 Å². The summed E-state index contributed by atoms with van der Waals surface area (Å²) in [6.45, 7) is 4.73. The lowest BCUT2D eigenvalue weighted by Gasteiger charge is -2.32. The minimum absolute atomic E-state index is 0.138. The van der Waals surface area contributed by atoms with E-state index in [4.69, 9.17) is 27.9 Å². The zero-order chi connectivity index (χ0) is 26.3. The molecule has 0 fully saturated rings. The quantitative estimate of drug-likeness (QED) is 0.331. The summed E-state index contributed by atoms with van der Waals surface area (Å²) in [5, 5.41) is 14.1. The van der Waals surface area contributed by atoms with Crippen molar-refractivity contribution in [2.24, 2.45) is 0 Å². The number of aromatic nitrogens is 4. The van der Waals surface area contributed by atoms with Crippen LogP contribution in [0.2, 0.25) is 5.02 Å². The Balaban J connectivity index is 1.89. The third-order valence-electron chi connectivity index (χ3n) is 4.90. The van der Waals surface area contributed by atoms with E-state index in [1.54, 1.807) is 32.9 Å². The molecule has 0 radical (unpaired) electrons. The first-order valence-corrected chi connectivity index (χ1v) is 11.9. The number of hydrogen-bond donors (Lipinski definition) is 1. The molecule has 0 aliphatic heterocycles. The number of esters is 1. The molecule has 1 aromatic heterocycles. The van der Waals surface area contributed by atoms with Gasteiger partial charge in [0.1, 0.15) is 30.4 Å². The molecule has 190 valence electrons. The molecule has 12 heteroatoms. The Morgan fingerprint density at radius 2 is 1.86 bits per heavy atom. The number of amides is 2. The lowest BCUT2D eigenvalue weighted by atomic mass is 10.0. The maximum absolute atomic E-state index is 13.2. The van der Waals surface area contributed by atoms with Crippen LogP contribution in [-0.4, -0.2) is 67.0 Å². The van der Waals surface area contributed by atoms with Crippen LogP contribution < -0.4 is 5.32 Å². The first-order valence-electron chi connectivity index (χ1n) is 11.0. The highest BCUT2D eigenvalue weighted by atomic mass is 35.5. The summed E-state index contributed by atoms with van der Waals surface area (Å²) in [6, 6.07) is 12.8. The van der Waals surface area contributed by atoms with Gasteiger partial charge in [0, 0.05) is 11.4 Å². The number of nitrogens with zero attached hydrogens (tertiary/aromatic N) is 5. The number of nitrogens with one attached hydrogen (secondary N) is 1. The fourth-order valence-corrected chi connectivity index (χ4v) is 3.73. The standard InChI is InChI=1S/C24H26Cl2N6O4/c1-24(2,3)36-23(35)20(11-16-7-5-4-6-8-16)31(22(34)13-25)14-21(33)28-18-12-17(26)9-10-19(18)32-15-27-29-30-32/h4-10,12,15,20H,11,13-14H2,1-3H3,(H,28,33)/t20-/m0/s1. The third kappa shape index (κ3) is 7.50. The van der Waals surface area contributed by atoms with Gasteiger partial charge in [0.05, 0.1) is 11.4 Å². The van der Waals surface area contributed by atoms with Gasteiger partial charge in [0.2, 0.25) is 11.8 Å². The molecule has 0 aliphatic rings. The van der Waals surface area contributed by atoms with E-state index < -0.39 is 41.9 Å². The predicted molar refractivity (Wildman–Crippen MR) is 135 cm³/mol. The molecule has 36 heavy (non-hydrogen) atoms. The molecule has 0 spiro atoms. The molecule has 2 aromatic carbocycles. The molecule has 3 rings (SSSR count). The van der Waals surface area contributed by atoms with E-state index in [1.807, 2.05) is 30.3 Å². The summed E-state index contributed by atoms with van der Waals surface area (Å²) in [6.07, 6.45) is 1.50. The minimum Gasteiger partial charge on any atom is -0.458 e. The van der Waals surface area contributed by atoms with Gasteiger partial charge >= 0.3 is 5.97 Å². The van der Waals surface area contributed by atoms with E-state index in [2.05, 4.69) is 20.8 Å². The van der Waals surface area contributed by atoms with Gasteiger partial charge in [-0.2, -0.15) is 4.68 Å². The van der Waals surface area contributed by atoms with Crippen LogP contribution in [0.5, 0.6) is 0 Å². The van der Waals surface area contributed by atoms with Gasteiger partial charge in [-0.15, -0.1) is 16.7 Å². The number of carbonyl (C=O) groups excluding carboxylic acids is 3. The van der Waals surface area contributed by atoms with E-state index in [1.165, 1.54) is 17.1 Å². The molecule has 1 atom stereocenters. The number of hydrogen-bond acceptors (Lipinski definition) is 7. The molecule has 2 amide bonds. The maximum atomic E-state index is 13.2. The molecular formula is C24H26Cl2N6O4. The summed E-state index contributed by atoms with van der Waals surface area (Å²) < 4.78 is 6.93. The molecule has 10 nitrogen and oxygen atoms in total. The van der Waals surface area contributed by atoms with Crippen molar-refractivity contribution < 1.29 is 19.1 Å². The summed E-state index contributed by atoms with van der Waals surface area (Å²) in [5.41, 5.74) is 0.763. The molecule has 0 bridgehead atoms. The highest BCUT2D eigenvalue weighted by Gasteiger charge is 2.34. The van der Waals surface area contributed by atoms with E-state index in [0.717, 1.165) is 10.5 Å². The fourth-order valence-electron chi connectivity index (χ4n) is 3.40. The maximum Gasteiger partial charge on any atom is 0.329 e. The summed E-state index contributed by atoms with van der Waals surface area (Å²) in [4.78, 5) is 40.3. The van der Waals surface area contributed by atoms with Crippen LogP contribution in [0.3, 0.4) is 0 Å². The minimum atomic E-state index is -1.08. The van der Waals surface area contributed by atoms with E-state index >= 15 is 0 Å². The lowest BCUT2D eigenvalue weighted by molar-refractivity contribution is -0.164. The molecular weight excluding hydrogens is 507 g/mol. The Morgan fingerprint density at radius 1 is 1.14 bits per heavy atom. The van der Waals surface area contributed by atoms with Crippen molar-refractivity contribution in [1.29, 1.82) is 0 Å². The summed E-state index contributed by atoms with van der Waals surface area (Å²) in [5.74, 6) is -2.24. The van der Waals surface area contributed by atoms with Crippen LogP contribution in [-0.2, 0) is 25.5 Å². The second-order valence-electron chi connectivity index (χ2n) is 8.86. The number of anilines is 1. The first-order chi connectivity index (χ1) is 17.1. The van der Waals surface area contributed by atoms with Gasteiger partial charge in [-0.25, -0.2) is 4.79 Å². The van der Waals surface area contributed by atoms with E-state index in [-0.39, 0.29) is 6.42 Å². The zero-order valence-corrected chi connectivity index (χ0v) is 21.5. The molecule has 3 aromatic rings. The number of ether oxygens (including phenoxy) is 1. The largest absolute Gasteiger partial charge is 0.458 e. The summed E-state index contributed by atoms with van der Waals surface area (Å²) in [7, 11) is 0. The van der Waals surface area contributed by atoms with Gasteiger partial charge in [-0.05, 0) is 55.0 Å². The van der Waals surface area contributed by atoms with Crippen molar-refractivity contribution >= 4 is 46.7 Å².